The number of aliphatic hydroxyl groups is 1. The normalized spacial score (nSPS) is 13.1. The van der Waals surface area contributed by atoms with Crippen LogP contribution in [0.5, 0.6) is 0 Å². The van der Waals surface area contributed by atoms with Crippen molar-refractivity contribution in [3.8, 4) is 0 Å². The van der Waals surface area contributed by atoms with Gasteiger partial charge in [0.15, 0.2) is 0 Å². The molecule has 4 nitrogen and oxygen atoms in total. The first-order valence-corrected chi connectivity index (χ1v) is 7.94. The highest BCUT2D eigenvalue weighted by molar-refractivity contribution is 7.89. The molecule has 2 aromatic carbocycles. The molecule has 0 amide bonds. The minimum Gasteiger partial charge on any atom is -0.387 e. The number of benzene rings is 2. The van der Waals surface area contributed by atoms with E-state index in [9.17, 15) is 17.9 Å². The van der Waals surface area contributed by atoms with E-state index in [1.807, 2.05) is 0 Å². The van der Waals surface area contributed by atoms with Gasteiger partial charge in [0.2, 0.25) is 10.0 Å². The van der Waals surface area contributed by atoms with E-state index >= 15 is 0 Å². The van der Waals surface area contributed by atoms with Crippen LogP contribution in [-0.2, 0) is 10.0 Å². The fraction of sp³-hybridized carbons (Fsp3) is 0.143. The Kier molecular flexibility index (Phi) is 4.95. The highest BCUT2D eigenvalue weighted by Gasteiger charge is 2.20. The van der Waals surface area contributed by atoms with Crippen LogP contribution in [0.1, 0.15) is 11.7 Å². The Labute approximate surface area is 127 Å². The van der Waals surface area contributed by atoms with E-state index in [2.05, 4.69) is 4.72 Å². The largest absolute Gasteiger partial charge is 0.387 e. The average Bonchev–Trinajstić information content (AvgIpc) is 2.45. The van der Waals surface area contributed by atoms with Gasteiger partial charge in [-0.05, 0) is 18.2 Å². The molecule has 112 valence electrons. The van der Waals surface area contributed by atoms with Crippen LogP contribution in [-0.4, -0.2) is 20.1 Å². The van der Waals surface area contributed by atoms with Crippen molar-refractivity contribution in [2.75, 3.05) is 6.54 Å². The van der Waals surface area contributed by atoms with Crippen LogP contribution in [0.15, 0.2) is 53.4 Å². The standard InChI is InChI=1S/C14H13ClFNO3S/c15-11-6-2-1-5-10(11)13(18)9-17-21(19,20)14-8-4-3-7-12(14)16/h1-8,13,17-18H,9H2. The molecular weight excluding hydrogens is 317 g/mol. The maximum absolute atomic E-state index is 13.5. The Morgan fingerprint density at radius 1 is 1.14 bits per heavy atom. The lowest BCUT2D eigenvalue weighted by atomic mass is 10.1. The van der Waals surface area contributed by atoms with E-state index in [0.29, 0.717) is 10.6 Å². The SMILES string of the molecule is O=S(=O)(NCC(O)c1ccccc1Cl)c1ccccc1F. The van der Waals surface area contributed by atoms with Gasteiger partial charge in [-0.25, -0.2) is 17.5 Å². The van der Waals surface area contributed by atoms with Crippen molar-refractivity contribution in [1.29, 1.82) is 0 Å². The molecule has 0 saturated carbocycles. The smallest absolute Gasteiger partial charge is 0.243 e. The number of rotatable bonds is 5. The second kappa shape index (κ2) is 6.53. The molecule has 0 saturated heterocycles. The summed E-state index contributed by atoms with van der Waals surface area (Å²) in [4.78, 5) is -0.462. The quantitative estimate of drug-likeness (QED) is 0.885. The van der Waals surface area contributed by atoms with Gasteiger partial charge in [-0.15, -0.1) is 0 Å². The molecule has 0 radical (unpaired) electrons. The second-order valence-corrected chi connectivity index (χ2v) is 6.46. The lowest BCUT2D eigenvalue weighted by Gasteiger charge is -2.14. The predicted molar refractivity (Wildman–Crippen MR) is 78.0 cm³/mol. The minimum atomic E-state index is -4.03. The van der Waals surface area contributed by atoms with Crippen molar-refractivity contribution in [2.24, 2.45) is 0 Å². The molecule has 2 N–H and O–H groups in total. The zero-order valence-corrected chi connectivity index (χ0v) is 12.4. The van der Waals surface area contributed by atoms with E-state index in [0.717, 1.165) is 12.1 Å². The van der Waals surface area contributed by atoms with Crippen LogP contribution >= 0.6 is 11.6 Å². The predicted octanol–water partition coefficient (Wildman–Crippen LogP) is 2.49. The molecule has 0 aliphatic heterocycles. The Balaban J connectivity index is 2.13. The van der Waals surface area contributed by atoms with Crippen LogP contribution in [0.4, 0.5) is 4.39 Å². The van der Waals surface area contributed by atoms with Gasteiger partial charge in [0.05, 0.1) is 6.10 Å². The summed E-state index contributed by atoms with van der Waals surface area (Å²) in [6, 6.07) is 11.6. The van der Waals surface area contributed by atoms with Gasteiger partial charge in [-0.3, -0.25) is 0 Å². The second-order valence-electron chi connectivity index (χ2n) is 4.32. The molecule has 2 aromatic rings. The van der Waals surface area contributed by atoms with Crippen LogP contribution < -0.4 is 4.72 Å². The summed E-state index contributed by atoms with van der Waals surface area (Å²) in [6.45, 7) is -0.305. The van der Waals surface area contributed by atoms with Crippen LogP contribution in [0, 0.1) is 5.82 Å². The Hall–Kier alpha value is -1.47. The molecule has 0 fully saturated rings. The Bertz CT molecular complexity index is 737. The minimum absolute atomic E-state index is 0.305. The van der Waals surface area contributed by atoms with Gasteiger partial charge in [-0.1, -0.05) is 41.9 Å². The number of hydrogen-bond acceptors (Lipinski definition) is 3. The molecule has 21 heavy (non-hydrogen) atoms. The summed E-state index contributed by atoms with van der Waals surface area (Å²) < 4.78 is 39.6. The third kappa shape index (κ3) is 3.79. The molecule has 1 atom stereocenters. The first-order valence-electron chi connectivity index (χ1n) is 6.08. The maximum atomic E-state index is 13.5. The number of halogens is 2. The average molecular weight is 330 g/mol. The van der Waals surface area contributed by atoms with E-state index in [1.165, 1.54) is 12.1 Å². The van der Waals surface area contributed by atoms with E-state index in [1.54, 1.807) is 24.3 Å². The van der Waals surface area contributed by atoms with E-state index < -0.39 is 26.8 Å². The number of nitrogens with one attached hydrogen (secondary N) is 1. The monoisotopic (exact) mass is 329 g/mol. The van der Waals surface area contributed by atoms with Crippen molar-refractivity contribution in [2.45, 2.75) is 11.0 Å². The third-order valence-corrected chi connectivity index (χ3v) is 4.66. The summed E-state index contributed by atoms with van der Waals surface area (Å²) >= 11 is 5.91. The topological polar surface area (TPSA) is 66.4 Å². The van der Waals surface area contributed by atoms with Gasteiger partial charge in [0, 0.05) is 17.1 Å². The molecule has 0 bridgehead atoms. The molecule has 0 aromatic heterocycles. The summed E-state index contributed by atoms with van der Waals surface area (Å²) in [5.74, 6) is -0.850. The molecule has 2 rings (SSSR count). The third-order valence-electron chi connectivity index (χ3n) is 2.86. The number of sulfonamides is 1. The van der Waals surface area contributed by atoms with Crippen LogP contribution in [0.25, 0.3) is 0 Å². The highest BCUT2D eigenvalue weighted by atomic mass is 35.5. The first kappa shape index (κ1) is 15.9. The molecule has 7 heteroatoms. The summed E-state index contributed by atoms with van der Waals surface area (Å²) in [6.07, 6.45) is -1.12. The molecular formula is C14H13ClFNO3S. The molecule has 0 spiro atoms. The summed E-state index contributed by atoms with van der Waals surface area (Å²) in [5.41, 5.74) is 0.399. The van der Waals surface area contributed by atoms with Crippen molar-refractivity contribution in [1.82, 2.24) is 4.72 Å². The fourth-order valence-electron chi connectivity index (χ4n) is 1.78. The Morgan fingerprint density at radius 2 is 1.76 bits per heavy atom. The number of hydrogen-bond donors (Lipinski definition) is 2. The fourth-order valence-corrected chi connectivity index (χ4v) is 3.16. The molecule has 0 aliphatic rings. The van der Waals surface area contributed by atoms with Gasteiger partial charge >= 0.3 is 0 Å². The van der Waals surface area contributed by atoms with Crippen molar-refractivity contribution >= 4 is 21.6 Å². The first-order chi connectivity index (χ1) is 9.92. The van der Waals surface area contributed by atoms with Crippen LogP contribution in [0.2, 0.25) is 5.02 Å². The molecule has 0 heterocycles. The van der Waals surface area contributed by atoms with Crippen molar-refractivity contribution < 1.29 is 17.9 Å². The molecule has 1 unspecified atom stereocenters. The van der Waals surface area contributed by atoms with Gasteiger partial charge in [0.25, 0.3) is 0 Å². The van der Waals surface area contributed by atoms with Crippen molar-refractivity contribution in [3.63, 3.8) is 0 Å². The van der Waals surface area contributed by atoms with E-state index in [-0.39, 0.29) is 6.54 Å². The maximum Gasteiger partial charge on any atom is 0.243 e. The van der Waals surface area contributed by atoms with Crippen LogP contribution in [0.3, 0.4) is 0 Å². The highest BCUT2D eigenvalue weighted by Crippen LogP contribution is 2.22. The van der Waals surface area contributed by atoms with Gasteiger partial charge in [0.1, 0.15) is 10.7 Å². The zero-order chi connectivity index (χ0) is 15.5. The summed E-state index contributed by atoms with van der Waals surface area (Å²) in [7, 11) is -4.03. The lowest BCUT2D eigenvalue weighted by Crippen LogP contribution is -2.29. The van der Waals surface area contributed by atoms with Gasteiger partial charge in [-0.2, -0.15) is 0 Å². The summed E-state index contributed by atoms with van der Waals surface area (Å²) in [5, 5.41) is 10.3. The lowest BCUT2D eigenvalue weighted by molar-refractivity contribution is 0.182. The number of aliphatic hydroxyl groups excluding tert-OH is 1. The van der Waals surface area contributed by atoms with E-state index in [4.69, 9.17) is 11.6 Å². The Morgan fingerprint density at radius 3 is 2.43 bits per heavy atom. The van der Waals surface area contributed by atoms with Crippen molar-refractivity contribution in [3.05, 3.63) is 64.9 Å². The zero-order valence-electron chi connectivity index (χ0n) is 10.8. The van der Waals surface area contributed by atoms with Gasteiger partial charge < -0.3 is 5.11 Å². The molecule has 0 aliphatic carbocycles.